The SMILES string of the molecule is N#Cc1ccccc1NC(=O)C1(c2ccccc2)CCCC1. The summed E-state index contributed by atoms with van der Waals surface area (Å²) in [4.78, 5) is 13.0. The Hall–Kier alpha value is -2.60. The van der Waals surface area contributed by atoms with E-state index < -0.39 is 5.41 Å². The highest BCUT2D eigenvalue weighted by atomic mass is 16.2. The molecule has 3 nitrogen and oxygen atoms in total. The lowest BCUT2D eigenvalue weighted by Crippen LogP contribution is -2.38. The summed E-state index contributed by atoms with van der Waals surface area (Å²) >= 11 is 0. The predicted molar refractivity (Wildman–Crippen MR) is 86.4 cm³/mol. The van der Waals surface area contributed by atoms with Gasteiger partial charge in [0.05, 0.1) is 16.7 Å². The van der Waals surface area contributed by atoms with E-state index in [2.05, 4.69) is 11.4 Å². The number of carbonyl (C=O) groups is 1. The number of rotatable bonds is 3. The van der Waals surface area contributed by atoms with Crippen molar-refractivity contribution in [2.75, 3.05) is 5.32 Å². The molecule has 3 rings (SSSR count). The molecule has 22 heavy (non-hydrogen) atoms. The zero-order valence-electron chi connectivity index (χ0n) is 12.4. The Balaban J connectivity index is 1.93. The topological polar surface area (TPSA) is 52.9 Å². The molecule has 1 saturated carbocycles. The second-order valence-corrected chi connectivity index (χ2v) is 5.77. The van der Waals surface area contributed by atoms with E-state index in [0.29, 0.717) is 11.3 Å². The number of carbonyl (C=O) groups excluding carboxylic acids is 1. The van der Waals surface area contributed by atoms with Gasteiger partial charge >= 0.3 is 0 Å². The molecule has 110 valence electrons. The first kappa shape index (κ1) is 14.3. The lowest BCUT2D eigenvalue weighted by molar-refractivity contribution is -0.121. The second kappa shape index (κ2) is 6.03. The molecule has 0 saturated heterocycles. The Kier molecular flexibility index (Phi) is 3.93. The minimum Gasteiger partial charge on any atom is -0.324 e. The minimum absolute atomic E-state index is 0.00102. The number of benzene rings is 2. The van der Waals surface area contributed by atoms with E-state index in [-0.39, 0.29) is 5.91 Å². The zero-order valence-corrected chi connectivity index (χ0v) is 12.4. The van der Waals surface area contributed by atoms with Crippen LogP contribution in [-0.4, -0.2) is 5.91 Å². The van der Waals surface area contributed by atoms with Crippen molar-refractivity contribution in [1.29, 1.82) is 5.26 Å². The Morgan fingerprint density at radius 2 is 1.64 bits per heavy atom. The summed E-state index contributed by atoms with van der Waals surface area (Å²) in [5.41, 5.74) is 1.69. The summed E-state index contributed by atoms with van der Waals surface area (Å²) < 4.78 is 0. The number of anilines is 1. The largest absolute Gasteiger partial charge is 0.324 e. The summed E-state index contributed by atoms with van der Waals surface area (Å²) in [7, 11) is 0. The van der Waals surface area contributed by atoms with Gasteiger partial charge in [0, 0.05) is 0 Å². The van der Waals surface area contributed by atoms with Crippen LogP contribution in [0.5, 0.6) is 0 Å². The number of para-hydroxylation sites is 1. The summed E-state index contributed by atoms with van der Waals surface area (Å²) in [6.45, 7) is 0. The van der Waals surface area contributed by atoms with E-state index >= 15 is 0 Å². The van der Waals surface area contributed by atoms with Crippen LogP contribution in [0, 0.1) is 11.3 Å². The van der Waals surface area contributed by atoms with Crippen LogP contribution in [0.2, 0.25) is 0 Å². The first-order valence-electron chi connectivity index (χ1n) is 7.62. The lowest BCUT2D eigenvalue weighted by atomic mass is 9.78. The van der Waals surface area contributed by atoms with E-state index in [0.717, 1.165) is 31.2 Å². The van der Waals surface area contributed by atoms with Crippen LogP contribution >= 0.6 is 0 Å². The molecule has 0 heterocycles. The number of nitrogens with one attached hydrogen (secondary N) is 1. The molecule has 1 fully saturated rings. The summed E-state index contributed by atoms with van der Waals surface area (Å²) in [6.07, 6.45) is 3.83. The quantitative estimate of drug-likeness (QED) is 0.928. The second-order valence-electron chi connectivity index (χ2n) is 5.77. The predicted octanol–water partition coefficient (Wildman–Crippen LogP) is 4.01. The minimum atomic E-state index is -0.468. The van der Waals surface area contributed by atoms with Crippen LogP contribution in [0.4, 0.5) is 5.69 Å². The number of hydrogen-bond donors (Lipinski definition) is 1. The summed E-state index contributed by atoms with van der Waals surface area (Å²) in [6, 6.07) is 19.2. The smallest absolute Gasteiger partial charge is 0.235 e. The molecule has 0 atom stereocenters. The molecule has 2 aromatic rings. The molecule has 0 aromatic heterocycles. The van der Waals surface area contributed by atoms with Gasteiger partial charge in [-0.2, -0.15) is 5.26 Å². The van der Waals surface area contributed by atoms with Gasteiger partial charge in [-0.15, -0.1) is 0 Å². The third-order valence-electron chi connectivity index (χ3n) is 4.51. The molecule has 0 unspecified atom stereocenters. The standard InChI is InChI=1S/C19H18N2O/c20-14-15-8-4-5-11-17(15)21-18(22)19(12-6-7-13-19)16-9-2-1-3-10-16/h1-5,8-11H,6-7,12-13H2,(H,21,22). The normalized spacial score (nSPS) is 16.0. The fraction of sp³-hybridized carbons (Fsp3) is 0.263. The van der Waals surface area contributed by atoms with Crippen LogP contribution in [0.1, 0.15) is 36.8 Å². The van der Waals surface area contributed by atoms with Crippen LogP contribution in [0.3, 0.4) is 0 Å². The van der Waals surface area contributed by atoms with Gasteiger partial charge in [-0.05, 0) is 30.5 Å². The average Bonchev–Trinajstić information content (AvgIpc) is 3.07. The fourth-order valence-electron chi connectivity index (χ4n) is 3.31. The third kappa shape index (κ3) is 2.48. The van der Waals surface area contributed by atoms with Crippen LogP contribution in [0.25, 0.3) is 0 Å². The molecule has 1 aliphatic carbocycles. The van der Waals surface area contributed by atoms with E-state index in [1.165, 1.54) is 0 Å². The Bertz CT molecular complexity index is 710. The van der Waals surface area contributed by atoms with Crippen molar-refractivity contribution < 1.29 is 4.79 Å². The van der Waals surface area contributed by atoms with Crippen LogP contribution in [0.15, 0.2) is 54.6 Å². The lowest BCUT2D eigenvalue weighted by Gasteiger charge is -2.28. The van der Waals surface area contributed by atoms with Crippen molar-refractivity contribution >= 4 is 11.6 Å². The van der Waals surface area contributed by atoms with Gasteiger partial charge in [0.1, 0.15) is 6.07 Å². The number of nitriles is 1. The molecule has 2 aromatic carbocycles. The van der Waals surface area contributed by atoms with E-state index in [4.69, 9.17) is 0 Å². The van der Waals surface area contributed by atoms with Gasteiger partial charge in [-0.3, -0.25) is 4.79 Å². The molecule has 0 radical (unpaired) electrons. The summed E-state index contributed by atoms with van der Waals surface area (Å²) in [5, 5.41) is 12.2. The van der Waals surface area contributed by atoms with E-state index in [1.807, 2.05) is 36.4 Å². The number of amides is 1. The monoisotopic (exact) mass is 290 g/mol. The molecule has 3 heteroatoms. The van der Waals surface area contributed by atoms with Crippen LogP contribution < -0.4 is 5.32 Å². The summed E-state index contributed by atoms with van der Waals surface area (Å²) in [5.74, 6) is -0.00102. The average molecular weight is 290 g/mol. The first-order valence-corrected chi connectivity index (χ1v) is 7.62. The number of hydrogen-bond acceptors (Lipinski definition) is 2. The molecular weight excluding hydrogens is 272 g/mol. The molecular formula is C19H18N2O. The molecule has 0 aliphatic heterocycles. The van der Waals surface area contributed by atoms with Gasteiger partial charge in [0.25, 0.3) is 0 Å². The van der Waals surface area contributed by atoms with E-state index in [9.17, 15) is 10.1 Å². The maximum Gasteiger partial charge on any atom is 0.235 e. The molecule has 1 N–H and O–H groups in total. The zero-order chi connectivity index (χ0) is 15.4. The van der Waals surface area contributed by atoms with E-state index in [1.54, 1.807) is 18.2 Å². The van der Waals surface area contributed by atoms with Crippen molar-refractivity contribution in [1.82, 2.24) is 0 Å². The number of nitrogens with zero attached hydrogens (tertiary/aromatic N) is 1. The van der Waals surface area contributed by atoms with Gasteiger partial charge in [0.2, 0.25) is 5.91 Å². The Morgan fingerprint density at radius 3 is 2.32 bits per heavy atom. The highest BCUT2D eigenvalue weighted by Crippen LogP contribution is 2.42. The Morgan fingerprint density at radius 1 is 1.00 bits per heavy atom. The van der Waals surface area contributed by atoms with Gasteiger partial charge in [0.15, 0.2) is 0 Å². The van der Waals surface area contributed by atoms with Crippen molar-refractivity contribution in [2.45, 2.75) is 31.1 Å². The molecule has 1 aliphatic rings. The highest BCUT2D eigenvalue weighted by molar-refractivity contribution is 6.00. The maximum atomic E-state index is 13.0. The third-order valence-corrected chi connectivity index (χ3v) is 4.51. The van der Waals surface area contributed by atoms with Gasteiger partial charge in [-0.25, -0.2) is 0 Å². The van der Waals surface area contributed by atoms with Crippen molar-refractivity contribution in [3.8, 4) is 6.07 Å². The maximum absolute atomic E-state index is 13.0. The van der Waals surface area contributed by atoms with Gasteiger partial charge < -0.3 is 5.32 Å². The van der Waals surface area contributed by atoms with Crippen LogP contribution in [-0.2, 0) is 10.2 Å². The first-order chi connectivity index (χ1) is 10.8. The van der Waals surface area contributed by atoms with Crippen molar-refractivity contribution in [3.05, 3.63) is 65.7 Å². The molecule has 1 amide bonds. The van der Waals surface area contributed by atoms with Crippen molar-refractivity contribution in [3.63, 3.8) is 0 Å². The fourth-order valence-corrected chi connectivity index (χ4v) is 3.31. The van der Waals surface area contributed by atoms with Gasteiger partial charge in [-0.1, -0.05) is 55.3 Å². The molecule has 0 bridgehead atoms. The van der Waals surface area contributed by atoms with Crippen molar-refractivity contribution in [2.24, 2.45) is 0 Å². The highest BCUT2D eigenvalue weighted by Gasteiger charge is 2.42. The Labute approximate surface area is 130 Å². The molecule has 0 spiro atoms.